The average Bonchev–Trinajstić information content (AvgIpc) is 2.80. The van der Waals surface area contributed by atoms with Gasteiger partial charge in [0.05, 0.1) is 0 Å². The molecule has 1 aromatic rings. The highest BCUT2D eigenvalue weighted by Gasteiger charge is 1.97. The molecule has 0 saturated carbocycles. The van der Waals surface area contributed by atoms with E-state index in [1.54, 1.807) is 12.7 Å². The summed E-state index contributed by atoms with van der Waals surface area (Å²) in [5, 5.41) is 0. The Balaban J connectivity index is 1.65. The van der Waals surface area contributed by atoms with Gasteiger partial charge in [-0.2, -0.15) is 0 Å². The standard InChI is InChI=1S/C28H52N3/c1-2-3-4-5-6-7-8-9-10-11-12-13-14-15-16-17-18-19-20-21-22-23-24-25-28-30-26-29-27-31-28/h25-27H,2-24H2,1H3. The van der Waals surface area contributed by atoms with Gasteiger partial charge in [0.15, 0.2) is 0 Å². The van der Waals surface area contributed by atoms with Crippen LogP contribution in [-0.2, 0) is 0 Å². The van der Waals surface area contributed by atoms with Gasteiger partial charge in [0.2, 0.25) is 0 Å². The molecule has 0 unspecified atom stereocenters. The third-order valence-electron chi connectivity index (χ3n) is 6.40. The summed E-state index contributed by atoms with van der Waals surface area (Å²) >= 11 is 0. The minimum Gasteiger partial charge on any atom is -0.225 e. The van der Waals surface area contributed by atoms with Gasteiger partial charge in [-0.3, -0.25) is 0 Å². The van der Waals surface area contributed by atoms with Crippen LogP contribution in [-0.4, -0.2) is 15.0 Å². The van der Waals surface area contributed by atoms with Crippen LogP contribution in [0.3, 0.4) is 0 Å². The molecular formula is C28H52N3. The molecule has 0 atom stereocenters. The van der Waals surface area contributed by atoms with Gasteiger partial charge < -0.3 is 0 Å². The number of nitrogens with zero attached hydrogens (tertiary/aromatic N) is 3. The van der Waals surface area contributed by atoms with E-state index in [1.165, 1.54) is 141 Å². The molecule has 0 spiro atoms. The summed E-state index contributed by atoms with van der Waals surface area (Å²) in [6, 6.07) is 0. The van der Waals surface area contributed by atoms with Crippen molar-refractivity contribution < 1.29 is 0 Å². The third kappa shape index (κ3) is 20.7. The molecule has 0 aromatic carbocycles. The van der Waals surface area contributed by atoms with E-state index in [0.717, 1.165) is 12.2 Å². The van der Waals surface area contributed by atoms with E-state index in [-0.39, 0.29) is 0 Å². The zero-order valence-electron chi connectivity index (χ0n) is 20.8. The third-order valence-corrected chi connectivity index (χ3v) is 6.40. The monoisotopic (exact) mass is 430 g/mol. The van der Waals surface area contributed by atoms with E-state index in [2.05, 4.69) is 28.3 Å². The summed E-state index contributed by atoms with van der Waals surface area (Å²) in [5.41, 5.74) is 0. The Morgan fingerprint density at radius 2 is 0.806 bits per heavy atom. The summed E-state index contributed by atoms with van der Waals surface area (Å²) in [5.74, 6) is 0.818. The molecule has 179 valence electrons. The topological polar surface area (TPSA) is 38.7 Å². The number of hydrogen-bond acceptors (Lipinski definition) is 3. The van der Waals surface area contributed by atoms with Gasteiger partial charge in [0, 0.05) is 6.42 Å². The highest BCUT2D eigenvalue weighted by Crippen LogP contribution is 2.15. The molecule has 0 aliphatic carbocycles. The lowest BCUT2D eigenvalue weighted by molar-refractivity contribution is 0.519. The molecule has 3 heteroatoms. The van der Waals surface area contributed by atoms with E-state index in [0.29, 0.717) is 0 Å². The van der Waals surface area contributed by atoms with Crippen molar-refractivity contribution in [1.29, 1.82) is 0 Å². The summed E-state index contributed by atoms with van der Waals surface area (Å²) < 4.78 is 0. The molecular weight excluding hydrogens is 378 g/mol. The van der Waals surface area contributed by atoms with Crippen molar-refractivity contribution in [2.75, 3.05) is 0 Å². The van der Waals surface area contributed by atoms with Crippen molar-refractivity contribution in [2.45, 2.75) is 155 Å². The number of unbranched alkanes of at least 4 members (excludes halogenated alkanes) is 22. The Labute approximate surface area is 194 Å². The lowest BCUT2D eigenvalue weighted by Crippen LogP contribution is -1.92. The Kier molecular flexibility index (Phi) is 21.4. The predicted octanol–water partition coefficient (Wildman–Crippen LogP) is 9.42. The smallest absolute Gasteiger partial charge is 0.135 e. The summed E-state index contributed by atoms with van der Waals surface area (Å²) in [6.45, 7) is 2.30. The molecule has 3 nitrogen and oxygen atoms in total. The van der Waals surface area contributed by atoms with Crippen LogP contribution < -0.4 is 0 Å². The SMILES string of the molecule is CCCCCCCCCCCCCCCCCCCCCCCC[CH]c1ncncn1. The van der Waals surface area contributed by atoms with Crippen LogP contribution >= 0.6 is 0 Å². The number of rotatable bonds is 24. The second kappa shape index (κ2) is 23.7. The Hall–Kier alpha value is -0.990. The largest absolute Gasteiger partial charge is 0.225 e. The van der Waals surface area contributed by atoms with Crippen molar-refractivity contribution in [3.63, 3.8) is 0 Å². The first-order chi connectivity index (χ1) is 15.4. The molecule has 0 N–H and O–H groups in total. The Morgan fingerprint density at radius 3 is 1.16 bits per heavy atom. The Bertz CT molecular complexity index is 449. The molecule has 1 aromatic heterocycles. The predicted molar refractivity (Wildman–Crippen MR) is 135 cm³/mol. The van der Waals surface area contributed by atoms with E-state index < -0.39 is 0 Å². The van der Waals surface area contributed by atoms with E-state index in [9.17, 15) is 0 Å². The van der Waals surface area contributed by atoms with Gasteiger partial charge in [-0.25, -0.2) is 15.0 Å². The molecule has 0 bridgehead atoms. The average molecular weight is 431 g/mol. The van der Waals surface area contributed by atoms with Gasteiger partial charge in [-0.1, -0.05) is 148 Å². The minimum atomic E-state index is 0.818. The van der Waals surface area contributed by atoms with Crippen LogP contribution in [0, 0.1) is 6.42 Å². The minimum absolute atomic E-state index is 0.818. The van der Waals surface area contributed by atoms with Gasteiger partial charge in [-0.15, -0.1) is 0 Å². The maximum atomic E-state index is 4.13. The van der Waals surface area contributed by atoms with Gasteiger partial charge in [0.25, 0.3) is 0 Å². The highest BCUT2D eigenvalue weighted by molar-refractivity contribution is 4.96. The van der Waals surface area contributed by atoms with E-state index in [4.69, 9.17) is 0 Å². The number of aromatic nitrogens is 3. The second-order valence-electron chi connectivity index (χ2n) is 9.41. The molecule has 1 radical (unpaired) electrons. The van der Waals surface area contributed by atoms with Crippen molar-refractivity contribution in [2.24, 2.45) is 0 Å². The summed E-state index contributed by atoms with van der Waals surface area (Å²) in [4.78, 5) is 12.1. The highest BCUT2D eigenvalue weighted by atomic mass is 15.0. The molecule has 1 rings (SSSR count). The van der Waals surface area contributed by atoms with Crippen molar-refractivity contribution >= 4 is 0 Å². The van der Waals surface area contributed by atoms with Crippen molar-refractivity contribution in [1.82, 2.24) is 15.0 Å². The molecule has 0 aliphatic rings. The van der Waals surface area contributed by atoms with Crippen LogP contribution in [0.5, 0.6) is 0 Å². The zero-order chi connectivity index (χ0) is 22.1. The van der Waals surface area contributed by atoms with Crippen LogP contribution in [0.4, 0.5) is 0 Å². The zero-order valence-corrected chi connectivity index (χ0v) is 20.8. The number of hydrogen-bond donors (Lipinski definition) is 0. The molecule has 1 heterocycles. The molecule has 31 heavy (non-hydrogen) atoms. The molecule has 0 saturated heterocycles. The lowest BCUT2D eigenvalue weighted by Gasteiger charge is -2.04. The van der Waals surface area contributed by atoms with Crippen LogP contribution in [0.15, 0.2) is 12.7 Å². The van der Waals surface area contributed by atoms with E-state index in [1.807, 2.05) is 0 Å². The van der Waals surface area contributed by atoms with Gasteiger partial charge in [0.1, 0.15) is 18.5 Å². The van der Waals surface area contributed by atoms with Crippen LogP contribution in [0.2, 0.25) is 0 Å². The fourth-order valence-corrected chi connectivity index (χ4v) is 4.34. The first-order valence-electron chi connectivity index (χ1n) is 13.9. The summed E-state index contributed by atoms with van der Waals surface area (Å²) in [6.07, 6.45) is 38.0. The Morgan fingerprint density at radius 1 is 0.484 bits per heavy atom. The molecule has 0 aliphatic heterocycles. The van der Waals surface area contributed by atoms with E-state index >= 15 is 0 Å². The normalized spacial score (nSPS) is 11.3. The van der Waals surface area contributed by atoms with Crippen LogP contribution in [0.25, 0.3) is 0 Å². The molecule has 0 amide bonds. The second-order valence-corrected chi connectivity index (χ2v) is 9.41. The summed E-state index contributed by atoms with van der Waals surface area (Å²) in [7, 11) is 0. The maximum Gasteiger partial charge on any atom is 0.135 e. The first kappa shape index (κ1) is 28.0. The van der Waals surface area contributed by atoms with Crippen molar-refractivity contribution in [3.8, 4) is 0 Å². The van der Waals surface area contributed by atoms with Gasteiger partial charge in [-0.05, 0) is 6.42 Å². The fraction of sp³-hybridized carbons (Fsp3) is 0.857. The van der Waals surface area contributed by atoms with Gasteiger partial charge >= 0.3 is 0 Å². The quantitative estimate of drug-likeness (QED) is 0.153. The maximum absolute atomic E-state index is 4.13. The lowest BCUT2D eigenvalue weighted by atomic mass is 10.0. The van der Waals surface area contributed by atoms with Crippen LogP contribution in [0.1, 0.15) is 160 Å². The first-order valence-corrected chi connectivity index (χ1v) is 13.9. The van der Waals surface area contributed by atoms with Crippen molar-refractivity contribution in [3.05, 3.63) is 24.9 Å². The molecule has 0 fully saturated rings. The fourth-order valence-electron chi connectivity index (χ4n) is 4.34.